The van der Waals surface area contributed by atoms with Gasteiger partial charge in [-0.05, 0) is 6.92 Å². The van der Waals surface area contributed by atoms with Crippen molar-refractivity contribution >= 4 is 35.3 Å². The Morgan fingerprint density at radius 1 is 0.682 bits per heavy atom. The van der Waals surface area contributed by atoms with E-state index >= 15 is 0 Å². The summed E-state index contributed by atoms with van der Waals surface area (Å²) in [6.07, 6.45) is 4.60. The highest BCUT2D eigenvalue weighted by Crippen LogP contribution is 2.46. The van der Waals surface area contributed by atoms with E-state index in [9.17, 15) is 0 Å². The maximum atomic E-state index is 2.40. The number of hydrogen-bond acceptors (Lipinski definition) is 4. The van der Waals surface area contributed by atoms with Gasteiger partial charge in [0.2, 0.25) is 0 Å². The Morgan fingerprint density at radius 3 is 1.36 bits per heavy atom. The molecular weight excluding hydrogens is 308 g/mol. The first-order chi connectivity index (χ1) is 10.8. The second-order valence-corrected chi connectivity index (χ2v) is 6.59. The molecule has 0 aromatic heterocycles. The van der Waals surface area contributed by atoms with Gasteiger partial charge in [-0.15, -0.1) is 0 Å². The highest BCUT2D eigenvalue weighted by Gasteiger charge is 2.36. The fourth-order valence-electron chi connectivity index (χ4n) is 2.89. The molecule has 114 valence electrons. The first-order valence-electron chi connectivity index (χ1n) is 7.29. The van der Waals surface area contributed by atoms with Gasteiger partial charge in [-0.3, -0.25) is 8.61 Å². The average molecular weight is 329 g/mol. The summed E-state index contributed by atoms with van der Waals surface area (Å²) in [7, 11) is 0. The van der Waals surface area contributed by atoms with Gasteiger partial charge in [0.15, 0.2) is 0 Å². The number of nitrogens with zero attached hydrogens (tertiary/aromatic N) is 2. The third kappa shape index (κ3) is 2.61. The highest BCUT2D eigenvalue weighted by atomic mass is 32.2. The van der Waals surface area contributed by atoms with Crippen LogP contribution in [0.15, 0.2) is 60.7 Å². The molecule has 2 aromatic rings. The van der Waals surface area contributed by atoms with Crippen LogP contribution in [-0.2, 0) is 0 Å². The van der Waals surface area contributed by atoms with Crippen LogP contribution in [0, 0.1) is 0 Å². The van der Waals surface area contributed by atoms with Crippen LogP contribution in [0.2, 0.25) is 0 Å². The van der Waals surface area contributed by atoms with Gasteiger partial charge in [-0.25, -0.2) is 0 Å². The van der Waals surface area contributed by atoms with E-state index in [0.717, 1.165) is 0 Å². The standard InChI is InChI=1S/C18H20N2S2/c1-14-19(21-2)17(15-10-6-4-7-11-15)18(20(14)22-3)16-12-8-5-9-13-16/h4-14H,1-3H3. The van der Waals surface area contributed by atoms with Gasteiger partial charge < -0.3 is 0 Å². The van der Waals surface area contributed by atoms with Crippen molar-refractivity contribution in [2.75, 3.05) is 12.5 Å². The Bertz CT molecular complexity index is 598. The monoisotopic (exact) mass is 328 g/mol. The molecule has 1 aliphatic rings. The molecule has 0 N–H and O–H groups in total. The molecule has 0 aliphatic carbocycles. The summed E-state index contributed by atoms with van der Waals surface area (Å²) in [6, 6.07) is 21.3. The molecule has 0 bridgehead atoms. The number of benzene rings is 2. The van der Waals surface area contributed by atoms with Crippen LogP contribution in [0.3, 0.4) is 0 Å². The second kappa shape index (κ2) is 6.71. The molecule has 2 aromatic carbocycles. The minimum atomic E-state index is 0.315. The van der Waals surface area contributed by atoms with Gasteiger partial charge in [-0.2, -0.15) is 0 Å². The van der Waals surface area contributed by atoms with Gasteiger partial charge in [0.05, 0.1) is 11.4 Å². The summed E-state index contributed by atoms with van der Waals surface area (Å²) in [5, 5.41) is 0. The number of hydrogen-bond donors (Lipinski definition) is 0. The highest BCUT2D eigenvalue weighted by molar-refractivity contribution is 7.97. The van der Waals surface area contributed by atoms with Crippen LogP contribution in [0.1, 0.15) is 18.1 Å². The topological polar surface area (TPSA) is 6.48 Å². The zero-order valence-corrected chi connectivity index (χ0v) is 14.7. The van der Waals surface area contributed by atoms with E-state index in [0.29, 0.717) is 6.17 Å². The number of rotatable bonds is 4. The zero-order valence-electron chi connectivity index (χ0n) is 13.1. The molecule has 0 unspecified atom stereocenters. The summed E-state index contributed by atoms with van der Waals surface area (Å²) < 4.78 is 4.79. The Morgan fingerprint density at radius 2 is 1.05 bits per heavy atom. The van der Waals surface area contributed by atoms with Crippen molar-refractivity contribution in [1.29, 1.82) is 0 Å². The maximum Gasteiger partial charge on any atom is 0.120 e. The lowest BCUT2D eigenvalue weighted by Gasteiger charge is -2.28. The summed E-state index contributed by atoms with van der Waals surface area (Å²) in [6.45, 7) is 2.26. The summed E-state index contributed by atoms with van der Waals surface area (Å²) >= 11 is 3.56. The molecular formula is C18H20N2S2. The predicted octanol–water partition coefficient (Wildman–Crippen LogP) is 5.03. The lowest BCUT2D eigenvalue weighted by Crippen LogP contribution is -2.29. The molecule has 0 spiro atoms. The molecule has 1 heterocycles. The molecule has 0 amide bonds. The van der Waals surface area contributed by atoms with E-state index in [4.69, 9.17) is 0 Å². The summed E-state index contributed by atoms with van der Waals surface area (Å²) in [5.41, 5.74) is 5.11. The molecule has 1 aliphatic heterocycles. The van der Waals surface area contributed by atoms with E-state index in [1.807, 2.05) is 0 Å². The maximum absolute atomic E-state index is 2.40. The lowest BCUT2D eigenvalue weighted by atomic mass is 10.1. The first-order valence-corrected chi connectivity index (χ1v) is 9.66. The fraction of sp³-hybridized carbons (Fsp3) is 0.222. The Balaban J connectivity index is 2.23. The van der Waals surface area contributed by atoms with Crippen molar-refractivity contribution in [2.24, 2.45) is 0 Å². The summed E-state index contributed by atoms with van der Waals surface area (Å²) in [5.74, 6) is 0. The molecule has 2 nitrogen and oxygen atoms in total. The fourth-order valence-corrected chi connectivity index (χ4v) is 4.49. The van der Waals surface area contributed by atoms with E-state index in [2.05, 4.69) is 88.7 Å². The van der Waals surface area contributed by atoms with E-state index < -0.39 is 0 Å². The van der Waals surface area contributed by atoms with E-state index in [1.54, 1.807) is 23.9 Å². The third-order valence-corrected chi connectivity index (χ3v) is 5.59. The van der Waals surface area contributed by atoms with Crippen molar-refractivity contribution in [3.8, 4) is 0 Å². The molecule has 0 fully saturated rings. The minimum absolute atomic E-state index is 0.315. The van der Waals surface area contributed by atoms with Gasteiger partial charge in [0, 0.05) is 23.6 Å². The molecule has 22 heavy (non-hydrogen) atoms. The molecule has 4 heteroatoms. The van der Waals surface area contributed by atoms with Gasteiger partial charge >= 0.3 is 0 Å². The van der Waals surface area contributed by atoms with Crippen molar-refractivity contribution in [2.45, 2.75) is 13.1 Å². The Hall–Kier alpha value is -1.52. The van der Waals surface area contributed by atoms with Crippen LogP contribution in [0.4, 0.5) is 0 Å². The van der Waals surface area contributed by atoms with Crippen molar-refractivity contribution in [3.05, 3.63) is 71.8 Å². The Labute approximate surface area is 141 Å². The molecule has 0 saturated heterocycles. The van der Waals surface area contributed by atoms with Gasteiger partial charge in [0.1, 0.15) is 6.17 Å². The normalized spacial score (nSPS) is 15.8. The van der Waals surface area contributed by atoms with E-state index in [-0.39, 0.29) is 0 Å². The van der Waals surface area contributed by atoms with Crippen LogP contribution in [0.5, 0.6) is 0 Å². The largest absolute Gasteiger partial charge is 0.291 e. The van der Waals surface area contributed by atoms with Crippen LogP contribution < -0.4 is 0 Å². The quantitative estimate of drug-likeness (QED) is 0.726. The van der Waals surface area contributed by atoms with Crippen molar-refractivity contribution < 1.29 is 0 Å². The van der Waals surface area contributed by atoms with Gasteiger partial charge in [-0.1, -0.05) is 84.6 Å². The molecule has 0 saturated carbocycles. The SMILES string of the molecule is CSN1C(c2ccccc2)=C(c2ccccc2)N(SC)C1C. The molecule has 3 rings (SSSR count). The van der Waals surface area contributed by atoms with E-state index in [1.165, 1.54) is 22.5 Å². The van der Waals surface area contributed by atoms with Crippen LogP contribution >= 0.6 is 23.9 Å². The van der Waals surface area contributed by atoms with Gasteiger partial charge in [0.25, 0.3) is 0 Å². The average Bonchev–Trinajstić information content (AvgIpc) is 2.88. The molecule has 0 radical (unpaired) electrons. The smallest absolute Gasteiger partial charge is 0.120 e. The summed E-state index contributed by atoms with van der Waals surface area (Å²) in [4.78, 5) is 0. The second-order valence-electron chi connectivity index (χ2n) is 5.08. The lowest BCUT2D eigenvalue weighted by molar-refractivity contribution is 0.388. The first kappa shape index (κ1) is 15.4. The zero-order chi connectivity index (χ0) is 15.5. The minimum Gasteiger partial charge on any atom is -0.291 e. The van der Waals surface area contributed by atoms with Crippen LogP contribution in [-0.4, -0.2) is 27.3 Å². The van der Waals surface area contributed by atoms with Crippen molar-refractivity contribution in [1.82, 2.24) is 8.61 Å². The van der Waals surface area contributed by atoms with Crippen LogP contribution in [0.25, 0.3) is 11.4 Å². The molecule has 0 atom stereocenters. The van der Waals surface area contributed by atoms with Crippen molar-refractivity contribution in [3.63, 3.8) is 0 Å². The predicted molar refractivity (Wildman–Crippen MR) is 99.9 cm³/mol. The Kier molecular flexibility index (Phi) is 4.69. The third-order valence-electron chi connectivity index (χ3n) is 3.83.